The number of methoxy groups -OCH3 is 1. The fraction of sp³-hybridized carbons (Fsp3) is 0.405. The average molecular weight is 661 g/mol. The molecule has 7 nitrogen and oxygen atoms in total. The minimum Gasteiger partial charge on any atom is -0.493 e. The van der Waals surface area contributed by atoms with Crippen molar-refractivity contribution in [1.29, 1.82) is 0 Å². The largest absolute Gasteiger partial charge is 0.493 e. The van der Waals surface area contributed by atoms with E-state index in [0.717, 1.165) is 58.5 Å². The Hall–Kier alpha value is -4.65. The van der Waals surface area contributed by atoms with Crippen LogP contribution < -0.4 is 14.8 Å². The lowest BCUT2D eigenvalue weighted by Crippen LogP contribution is -2.45. The molecule has 0 fully saturated rings. The maximum absolute atomic E-state index is 14.2. The minimum absolute atomic E-state index is 0.0902. The molecule has 0 spiro atoms. The summed E-state index contributed by atoms with van der Waals surface area (Å²) >= 11 is 0. The van der Waals surface area contributed by atoms with Gasteiger partial charge in [0.05, 0.1) is 7.11 Å². The number of nitrogens with zero attached hydrogens (tertiary/aromatic N) is 1. The van der Waals surface area contributed by atoms with Gasteiger partial charge in [-0.2, -0.15) is 0 Å². The molecule has 1 aliphatic heterocycles. The molecule has 256 valence electrons. The Kier molecular flexibility index (Phi) is 9.31. The van der Waals surface area contributed by atoms with E-state index in [1.807, 2.05) is 50.2 Å². The van der Waals surface area contributed by atoms with Crippen molar-refractivity contribution in [3.63, 3.8) is 0 Å². The van der Waals surface area contributed by atoms with Crippen molar-refractivity contribution in [1.82, 2.24) is 4.90 Å². The number of carbonyl (C=O) groups excluding carboxylic acids is 3. The summed E-state index contributed by atoms with van der Waals surface area (Å²) in [7, 11) is 1.56. The van der Waals surface area contributed by atoms with Gasteiger partial charge in [-0.15, -0.1) is 0 Å². The number of anilines is 1. The number of aryl methyl sites for hydroxylation is 2. The van der Waals surface area contributed by atoms with Crippen LogP contribution in [0, 0.1) is 24.7 Å². The molecule has 3 aromatic rings. The lowest BCUT2D eigenvalue weighted by atomic mass is 9.63. The predicted molar refractivity (Wildman–Crippen MR) is 193 cm³/mol. The van der Waals surface area contributed by atoms with Crippen LogP contribution in [-0.4, -0.2) is 42.6 Å². The monoisotopic (exact) mass is 660 g/mol. The van der Waals surface area contributed by atoms with Crippen LogP contribution in [-0.2, 0) is 20.8 Å². The molecule has 0 bridgehead atoms. The number of nitrogens with one attached hydrogen (secondary N) is 1. The zero-order chi connectivity index (χ0) is 35.1. The molecule has 3 aliphatic rings. The van der Waals surface area contributed by atoms with E-state index in [1.165, 1.54) is 5.56 Å². The molecule has 49 heavy (non-hydrogen) atoms. The Morgan fingerprint density at radius 1 is 0.796 bits per heavy atom. The van der Waals surface area contributed by atoms with Crippen LogP contribution in [0.2, 0.25) is 0 Å². The predicted octanol–water partition coefficient (Wildman–Crippen LogP) is 8.26. The van der Waals surface area contributed by atoms with Gasteiger partial charge in [-0.05, 0) is 90.5 Å². The van der Waals surface area contributed by atoms with Gasteiger partial charge in [-0.25, -0.2) is 0 Å². The van der Waals surface area contributed by atoms with Gasteiger partial charge >= 0.3 is 0 Å². The van der Waals surface area contributed by atoms with Crippen LogP contribution in [0.4, 0.5) is 5.69 Å². The number of hydrogen-bond donors (Lipinski definition) is 1. The Morgan fingerprint density at radius 2 is 1.43 bits per heavy atom. The summed E-state index contributed by atoms with van der Waals surface area (Å²) in [6.07, 6.45) is 3.15. The second-order valence-electron chi connectivity index (χ2n) is 15.5. The molecule has 0 aromatic heterocycles. The molecule has 6 rings (SSSR count). The molecule has 0 radical (unpaired) electrons. The van der Waals surface area contributed by atoms with E-state index < -0.39 is 5.92 Å². The number of hydrogen-bond acceptors (Lipinski definition) is 6. The Labute approximate surface area is 290 Å². The maximum atomic E-state index is 14.2. The number of amides is 1. The van der Waals surface area contributed by atoms with Crippen molar-refractivity contribution >= 4 is 23.2 Å². The van der Waals surface area contributed by atoms with Crippen LogP contribution in [0.15, 0.2) is 89.3 Å². The van der Waals surface area contributed by atoms with Gasteiger partial charge < -0.3 is 19.7 Å². The number of ketones is 2. The van der Waals surface area contributed by atoms with Crippen molar-refractivity contribution < 1.29 is 23.9 Å². The standard InChI is InChI=1S/C42H48N2O5/c1-26-13-15-30(19-27(26)2)43-37(47)25-49-35-16-14-29(20-36(35)48-7)38-39-31(21-41(3,4)23-33(39)45)44(18-17-28-11-9-8-10-12-28)32-22-42(5,6)24-34(46)40(32)38/h8-16,19-20,38H,17-18,21-25H2,1-7H3,(H,43,47). The van der Waals surface area contributed by atoms with E-state index in [1.54, 1.807) is 13.2 Å². The molecule has 2 aliphatic carbocycles. The molecule has 0 saturated carbocycles. The first kappa shape index (κ1) is 34.2. The lowest BCUT2D eigenvalue weighted by molar-refractivity contribution is -0.120. The highest BCUT2D eigenvalue weighted by Gasteiger charge is 2.49. The smallest absolute Gasteiger partial charge is 0.262 e. The van der Waals surface area contributed by atoms with E-state index in [0.29, 0.717) is 36.6 Å². The number of ether oxygens (including phenoxy) is 2. The second-order valence-corrected chi connectivity index (χ2v) is 15.5. The summed E-state index contributed by atoms with van der Waals surface area (Å²) in [4.78, 5) is 43.6. The summed E-state index contributed by atoms with van der Waals surface area (Å²) in [5, 5.41) is 2.89. The maximum Gasteiger partial charge on any atom is 0.262 e. The topological polar surface area (TPSA) is 84.9 Å². The molecule has 7 heteroatoms. The van der Waals surface area contributed by atoms with E-state index in [4.69, 9.17) is 9.47 Å². The van der Waals surface area contributed by atoms with E-state index >= 15 is 0 Å². The zero-order valence-electron chi connectivity index (χ0n) is 29.9. The molecule has 0 unspecified atom stereocenters. The van der Waals surface area contributed by atoms with Crippen molar-refractivity contribution in [2.24, 2.45) is 10.8 Å². The Morgan fingerprint density at radius 3 is 2.02 bits per heavy atom. The fourth-order valence-electron chi connectivity index (χ4n) is 7.68. The van der Waals surface area contributed by atoms with Gasteiger partial charge in [0.1, 0.15) is 0 Å². The average Bonchev–Trinajstić information content (AvgIpc) is 3.03. The van der Waals surface area contributed by atoms with Crippen molar-refractivity contribution in [3.8, 4) is 11.5 Å². The third-order valence-electron chi connectivity index (χ3n) is 10.2. The van der Waals surface area contributed by atoms with Crippen LogP contribution >= 0.6 is 0 Å². The number of benzene rings is 3. The first-order chi connectivity index (χ1) is 23.2. The van der Waals surface area contributed by atoms with Crippen LogP contribution in [0.5, 0.6) is 11.5 Å². The van der Waals surface area contributed by atoms with Crippen LogP contribution in [0.25, 0.3) is 0 Å². The van der Waals surface area contributed by atoms with Crippen LogP contribution in [0.1, 0.15) is 81.5 Å². The molecular weight excluding hydrogens is 612 g/mol. The molecular formula is C42H48N2O5. The molecule has 1 heterocycles. The van der Waals surface area contributed by atoms with Crippen molar-refractivity contribution in [2.75, 3.05) is 25.6 Å². The first-order valence-corrected chi connectivity index (χ1v) is 17.3. The molecule has 1 amide bonds. The number of Topliss-reactive ketones (excluding diaryl/α,β-unsaturated/α-hetero) is 2. The highest BCUT2D eigenvalue weighted by molar-refractivity contribution is 6.07. The molecule has 3 aromatic carbocycles. The molecule has 0 saturated heterocycles. The second kappa shape index (κ2) is 13.3. The van der Waals surface area contributed by atoms with Crippen LogP contribution in [0.3, 0.4) is 0 Å². The first-order valence-electron chi connectivity index (χ1n) is 17.3. The number of carbonyl (C=O) groups is 3. The molecule has 0 atom stereocenters. The van der Waals surface area contributed by atoms with E-state index in [9.17, 15) is 14.4 Å². The Bertz CT molecular complexity index is 1810. The highest BCUT2D eigenvalue weighted by atomic mass is 16.5. The van der Waals surface area contributed by atoms with Crippen molar-refractivity contribution in [3.05, 3.63) is 112 Å². The number of allylic oxidation sites excluding steroid dienone is 4. The lowest BCUT2D eigenvalue weighted by Gasteiger charge is -2.49. The van der Waals surface area contributed by atoms with Gasteiger partial charge in [-0.1, -0.05) is 70.2 Å². The van der Waals surface area contributed by atoms with Gasteiger partial charge in [-0.3, -0.25) is 14.4 Å². The van der Waals surface area contributed by atoms with E-state index in [-0.39, 0.29) is 34.9 Å². The quantitative estimate of drug-likeness (QED) is 0.249. The van der Waals surface area contributed by atoms with Gasteiger partial charge in [0.2, 0.25) is 0 Å². The molecule has 1 N–H and O–H groups in total. The van der Waals surface area contributed by atoms with Crippen molar-refractivity contribution in [2.45, 2.75) is 79.6 Å². The third-order valence-corrected chi connectivity index (χ3v) is 10.2. The van der Waals surface area contributed by atoms with Gasteiger partial charge in [0.25, 0.3) is 5.91 Å². The normalized spacial score (nSPS) is 18.6. The third kappa shape index (κ3) is 7.22. The minimum atomic E-state index is -0.499. The van der Waals surface area contributed by atoms with Gasteiger partial charge in [0.15, 0.2) is 29.7 Å². The summed E-state index contributed by atoms with van der Waals surface area (Å²) in [5.74, 6) is 0.255. The van der Waals surface area contributed by atoms with E-state index in [2.05, 4.69) is 62.2 Å². The number of rotatable bonds is 9. The highest BCUT2D eigenvalue weighted by Crippen LogP contribution is 2.55. The van der Waals surface area contributed by atoms with Gasteiger partial charge in [0, 0.05) is 53.5 Å². The summed E-state index contributed by atoms with van der Waals surface area (Å²) in [6, 6.07) is 21.7. The summed E-state index contributed by atoms with van der Waals surface area (Å²) < 4.78 is 11.7. The summed E-state index contributed by atoms with van der Waals surface area (Å²) in [5.41, 5.74) is 8.10. The summed E-state index contributed by atoms with van der Waals surface area (Å²) in [6.45, 7) is 13.2. The Balaban J connectivity index is 1.36. The zero-order valence-corrected chi connectivity index (χ0v) is 29.9. The SMILES string of the molecule is COc1cc(C2C3=C(CC(C)(C)CC3=O)N(CCc3ccccc3)C3=C2C(=O)CC(C)(C)C3)ccc1OCC(=O)Nc1ccc(C)c(C)c1. The fourth-order valence-corrected chi connectivity index (χ4v) is 7.68.